The lowest BCUT2D eigenvalue weighted by atomic mass is 9.84. The largest absolute Gasteiger partial charge is 0.207 e. The average Bonchev–Trinajstić information content (AvgIpc) is 3.19. The summed E-state index contributed by atoms with van der Waals surface area (Å²) >= 11 is 0. The van der Waals surface area contributed by atoms with E-state index < -0.39 is 11.6 Å². The van der Waals surface area contributed by atoms with Crippen molar-refractivity contribution in [2.75, 3.05) is 0 Å². The Balaban J connectivity index is -0.0000000992. The molecular weight excluding hydrogens is 826 g/mol. The van der Waals surface area contributed by atoms with E-state index in [9.17, 15) is 13.2 Å². The van der Waals surface area contributed by atoms with Crippen molar-refractivity contribution in [3.8, 4) is 0 Å². The van der Waals surface area contributed by atoms with Gasteiger partial charge < -0.3 is 0 Å². The zero-order chi connectivity index (χ0) is 44.5. The van der Waals surface area contributed by atoms with E-state index in [2.05, 4.69) is 112 Å². The highest BCUT2D eigenvalue weighted by molar-refractivity contribution is 5.24. The first-order valence-electron chi connectivity index (χ1n) is 23.3. The summed E-state index contributed by atoms with van der Waals surface area (Å²) in [6, 6.07) is 16.3. The van der Waals surface area contributed by atoms with Crippen molar-refractivity contribution in [1.29, 1.82) is 0 Å². The summed E-state index contributed by atoms with van der Waals surface area (Å²) in [7, 11) is 0. The van der Waals surface area contributed by atoms with E-state index in [4.69, 9.17) is 0 Å². The maximum atomic E-state index is 12.6. The van der Waals surface area contributed by atoms with Gasteiger partial charge in [0.25, 0.3) is 0 Å². The Bertz CT molecular complexity index is 1500. The molecule has 3 unspecified atom stereocenters. The third kappa shape index (κ3) is 40.5. The number of aryl methyl sites for hydroxylation is 5. The van der Waals surface area contributed by atoms with Crippen LogP contribution in [0.5, 0.6) is 0 Å². The van der Waals surface area contributed by atoms with Gasteiger partial charge in [-0.05, 0) is 157 Å². The van der Waals surface area contributed by atoms with Gasteiger partial charge >= 0.3 is 0 Å². The number of hydrogen-bond acceptors (Lipinski definition) is 0. The molecule has 2 fully saturated rings. The maximum Gasteiger partial charge on any atom is 0.129 e. The zero-order valence-corrected chi connectivity index (χ0v) is 40.3. The lowest BCUT2D eigenvalue weighted by Crippen LogP contribution is -2.08. The molecule has 4 aliphatic rings. The molecule has 3 heteroatoms. The lowest BCUT2D eigenvalue weighted by Gasteiger charge is -2.22. The molecular formula is C64H119F3. The third-order valence-electron chi connectivity index (χ3n) is 12.3. The third-order valence-corrected chi connectivity index (χ3v) is 12.3. The fourth-order valence-corrected chi connectivity index (χ4v) is 7.15. The van der Waals surface area contributed by atoms with Crippen molar-refractivity contribution in [2.24, 2.45) is 41.4 Å². The van der Waals surface area contributed by atoms with E-state index in [1.165, 1.54) is 120 Å². The van der Waals surface area contributed by atoms with Gasteiger partial charge in [0.15, 0.2) is 0 Å². The Morgan fingerprint density at radius 2 is 0.672 bits per heavy atom. The molecule has 0 N–H and O–H groups in total. The number of allylic oxidation sites excluding steroid dienone is 4. The smallest absolute Gasteiger partial charge is 0.129 e. The summed E-state index contributed by atoms with van der Waals surface area (Å²) < 4.78 is 37.8. The van der Waals surface area contributed by atoms with Crippen LogP contribution >= 0.6 is 0 Å². The molecule has 0 bridgehead atoms. The van der Waals surface area contributed by atoms with E-state index in [1.54, 1.807) is 25.5 Å². The Hall–Kier alpha value is -3.07. The molecule has 0 aromatic heterocycles. The summed E-state index contributed by atoms with van der Waals surface area (Å²) in [6.45, 7) is 29.5. The molecule has 396 valence electrons. The summed E-state index contributed by atoms with van der Waals surface area (Å²) in [5.74, 6) is 5.64. The number of halogens is 3. The van der Waals surface area contributed by atoms with Crippen LogP contribution in [0.1, 0.15) is 232 Å². The Morgan fingerprint density at radius 1 is 0.358 bits per heavy atom. The highest BCUT2D eigenvalue weighted by Crippen LogP contribution is 2.28. The van der Waals surface area contributed by atoms with Gasteiger partial charge in [-0.15, -0.1) is 0 Å². The molecule has 0 spiro atoms. The molecule has 0 heterocycles. The quantitative estimate of drug-likeness (QED) is 0.197. The van der Waals surface area contributed by atoms with Gasteiger partial charge in [0.1, 0.15) is 17.5 Å². The van der Waals surface area contributed by atoms with Crippen LogP contribution in [0.4, 0.5) is 13.2 Å². The van der Waals surface area contributed by atoms with Gasteiger partial charge in [-0.25, -0.2) is 13.2 Å². The monoisotopic (exact) mass is 945 g/mol. The highest BCUT2D eigenvalue weighted by Gasteiger charge is 2.14. The number of hydrogen-bond donors (Lipinski definition) is 0. The zero-order valence-electron chi connectivity index (χ0n) is 40.3. The molecule has 4 aliphatic carbocycles. The molecule has 3 aromatic carbocycles. The van der Waals surface area contributed by atoms with Gasteiger partial charge in [-0.3, -0.25) is 0 Å². The second-order valence-electron chi connectivity index (χ2n) is 19.3. The van der Waals surface area contributed by atoms with Gasteiger partial charge in [-0.2, -0.15) is 0 Å². The highest BCUT2D eigenvalue weighted by atomic mass is 19.1. The minimum Gasteiger partial charge on any atom is -0.207 e. The van der Waals surface area contributed by atoms with Gasteiger partial charge in [0.05, 0.1) is 0 Å². The van der Waals surface area contributed by atoms with E-state index in [1.807, 2.05) is 13.0 Å². The molecule has 67 heavy (non-hydrogen) atoms. The van der Waals surface area contributed by atoms with Crippen molar-refractivity contribution in [2.45, 2.75) is 240 Å². The first-order valence-corrected chi connectivity index (χ1v) is 23.3. The fourth-order valence-electron chi connectivity index (χ4n) is 7.15. The van der Waals surface area contributed by atoms with Crippen LogP contribution in [0.25, 0.3) is 0 Å². The second kappa shape index (κ2) is 45.4. The van der Waals surface area contributed by atoms with Crippen LogP contribution in [-0.2, 0) is 0 Å². The minimum atomic E-state index is -0.475. The molecule has 3 aromatic rings. The molecule has 0 amide bonds. The molecule has 0 aliphatic heterocycles. The Morgan fingerprint density at radius 3 is 0.925 bits per heavy atom. The van der Waals surface area contributed by atoms with Crippen LogP contribution in [0, 0.1) is 100 Å². The minimum absolute atomic E-state index is 0. The Kier molecular flexibility index (Phi) is 54.8. The molecule has 2 saturated carbocycles. The lowest BCUT2D eigenvalue weighted by molar-refractivity contribution is 0.308. The van der Waals surface area contributed by atoms with Crippen LogP contribution in [0.15, 0.2) is 78.4 Å². The van der Waals surface area contributed by atoms with Crippen LogP contribution < -0.4 is 0 Å². The van der Waals surface area contributed by atoms with E-state index in [0.717, 1.165) is 47.0 Å². The standard InChI is InChI=1S/C8H8F2.C8H9F.2C8H16.2C8H14.C8H10.8CH4/c1-5-3-7(9)6(2)8(10)4-5;1-6-3-4-7(2)8(9)5-6;5*1-7-3-5-8(2)6-4-7;;;;;;;;/h3-4H,1-2H3;3-5H,1-2H3;2*7-8H,3-6H2,1-2H3;3,8H,4-6H2,1-2H3;3,5,7-8H,4,6H2,1-2H3;3-6H,1-2H3;8*1H4. The topological polar surface area (TPSA) is 0 Å². The number of rotatable bonds is 0. The summed E-state index contributed by atoms with van der Waals surface area (Å²) in [4.78, 5) is 0. The predicted molar refractivity (Wildman–Crippen MR) is 309 cm³/mol. The van der Waals surface area contributed by atoms with E-state index >= 15 is 0 Å². The van der Waals surface area contributed by atoms with Crippen molar-refractivity contribution < 1.29 is 13.2 Å². The van der Waals surface area contributed by atoms with Crippen molar-refractivity contribution in [3.05, 3.63) is 129 Å². The Labute approximate surface area is 422 Å². The molecule has 3 atom stereocenters. The normalized spacial score (nSPS) is 21.4. The fraction of sp³-hybridized carbons (Fsp3) is 0.656. The maximum absolute atomic E-state index is 12.6. The average molecular weight is 946 g/mol. The van der Waals surface area contributed by atoms with Crippen LogP contribution in [-0.4, -0.2) is 0 Å². The van der Waals surface area contributed by atoms with E-state index in [-0.39, 0.29) is 70.8 Å². The SMILES string of the molecule is C.C.C.C.C.C.C.C.CC1=CCC(C)CC1.CC1C=CC(C)CC1.CC1CCC(C)CC1.CC1CCC(C)CC1.Cc1cc(F)c(C)c(F)c1.Cc1ccc(C)c(F)c1.Cc1ccc(C)cc1. The second-order valence-corrected chi connectivity index (χ2v) is 19.3. The van der Waals surface area contributed by atoms with Crippen LogP contribution in [0.3, 0.4) is 0 Å². The summed E-state index contributed by atoms with van der Waals surface area (Å²) in [5, 5.41) is 0. The molecule has 7 rings (SSSR count). The molecule has 0 saturated heterocycles. The first-order chi connectivity index (χ1) is 27.7. The van der Waals surface area contributed by atoms with Crippen molar-refractivity contribution in [3.63, 3.8) is 0 Å². The van der Waals surface area contributed by atoms with Gasteiger partial charge in [0.2, 0.25) is 0 Å². The molecule has 0 nitrogen and oxygen atoms in total. The first kappa shape index (κ1) is 80.9. The van der Waals surface area contributed by atoms with Gasteiger partial charge in [0, 0.05) is 5.56 Å². The predicted octanol–water partition coefficient (Wildman–Crippen LogP) is 23.4. The van der Waals surface area contributed by atoms with Gasteiger partial charge in [-0.1, -0.05) is 231 Å². The number of benzene rings is 3. The van der Waals surface area contributed by atoms with Crippen LogP contribution in [0.2, 0.25) is 0 Å². The summed E-state index contributed by atoms with van der Waals surface area (Å²) in [6.07, 6.45) is 25.6. The van der Waals surface area contributed by atoms with E-state index in [0.29, 0.717) is 11.1 Å². The molecule has 0 radical (unpaired) electrons. The summed E-state index contributed by atoms with van der Waals surface area (Å²) in [5.41, 5.74) is 6.62. The van der Waals surface area contributed by atoms with Crippen molar-refractivity contribution in [1.82, 2.24) is 0 Å². The van der Waals surface area contributed by atoms with Crippen molar-refractivity contribution >= 4 is 0 Å².